The van der Waals surface area contributed by atoms with Crippen molar-refractivity contribution in [2.24, 2.45) is 64.2 Å². The molecule has 0 bridgehead atoms. The molecule has 25 heteroatoms. The summed E-state index contributed by atoms with van der Waals surface area (Å²) in [4.78, 5) is 137. The highest BCUT2D eigenvalue weighted by molar-refractivity contribution is 5.87. The minimum absolute atomic E-state index is 0.0102. The fraction of sp³-hybridized carbons (Fsp3) is 0.781. The average Bonchev–Trinajstić information content (AvgIpc) is 0.866. The van der Waals surface area contributed by atoms with Gasteiger partial charge in [0.25, 0.3) is 0 Å². The molecule has 0 spiro atoms. The molecule has 556 valence electrons. The summed E-state index contributed by atoms with van der Waals surface area (Å²) >= 11 is 0. The average molecular weight is 1380 g/mol. The molecule has 3 aliphatic carbocycles. The number of phenolic OH excluding ortho intramolecular Hbond substituents is 1. The number of phenols is 1. The zero-order chi connectivity index (χ0) is 72.1. The van der Waals surface area contributed by atoms with Gasteiger partial charge in [0, 0.05) is 105 Å². The van der Waals surface area contributed by atoms with Crippen LogP contribution in [0, 0.1) is 35.5 Å². The standard InChI is InChI=1S/C73H128N14O11/c1-46(2)35-54(79-65(90)39-50(77)38-49-28-30-57(88)31-29-49)43-68(93)86-62-26-11-8-23-59(62)72(97)83-52(20-14-17-33-75)41-67(92)81-56(37-48(5)6)45-70(95)87-63-27-12-9-24-60(63)73(98)84-53(21-15-18-34-76)42-66(91)80-55(36-47(3)4)44-69(94)85-61-25-10-7-22-58(61)71(96)82-51(40-64(78)89)19-13-16-32-74/h28-31,46-48,50-56,58-63,88H,7-27,32-45,74-77H2,1-6H3,(H2,78,89)(H,79,90)(H,80,91)(H,81,92)(H,82,96)(H,83,97)(H,84,98)(H,85,94)(H,86,93)(H,87,95)/t50-,51-,52-,53-,54-,55-,56-,58-,59-,60-,61-,62-,63-/m1/s1. The van der Waals surface area contributed by atoms with Crippen LogP contribution < -0.4 is 76.5 Å². The molecule has 3 fully saturated rings. The van der Waals surface area contributed by atoms with Crippen molar-refractivity contribution in [2.75, 3.05) is 19.6 Å². The molecule has 0 heterocycles. The van der Waals surface area contributed by atoms with Crippen molar-refractivity contribution in [2.45, 2.75) is 307 Å². The zero-order valence-corrected chi connectivity index (χ0v) is 60.2. The summed E-state index contributed by atoms with van der Waals surface area (Å²) in [6.07, 6.45) is 15.9. The number of benzene rings is 1. The molecule has 10 amide bonds. The van der Waals surface area contributed by atoms with Crippen LogP contribution in [0.2, 0.25) is 0 Å². The van der Waals surface area contributed by atoms with Crippen LogP contribution in [0.15, 0.2) is 24.3 Å². The second kappa shape index (κ2) is 46.1. The van der Waals surface area contributed by atoms with Gasteiger partial charge in [-0.15, -0.1) is 0 Å². The topological polar surface area (TPSA) is 429 Å². The number of hydrogen-bond donors (Lipinski definition) is 15. The number of primary amides is 1. The van der Waals surface area contributed by atoms with Crippen molar-refractivity contribution in [1.82, 2.24) is 47.9 Å². The van der Waals surface area contributed by atoms with Crippen LogP contribution in [0.5, 0.6) is 5.75 Å². The minimum atomic E-state index is -0.580. The zero-order valence-electron chi connectivity index (χ0n) is 60.2. The Bertz CT molecular complexity index is 2610. The lowest BCUT2D eigenvalue weighted by atomic mass is 9.83. The first-order valence-corrected chi connectivity index (χ1v) is 37.3. The Hall–Kier alpha value is -6.44. The Morgan fingerprint density at radius 3 is 1.00 bits per heavy atom. The molecule has 0 unspecified atom stereocenters. The Balaban J connectivity index is 1.36. The van der Waals surface area contributed by atoms with Crippen molar-refractivity contribution in [3.63, 3.8) is 0 Å². The highest BCUT2D eigenvalue weighted by Crippen LogP contribution is 2.29. The molecule has 0 aliphatic heterocycles. The van der Waals surface area contributed by atoms with Gasteiger partial charge in [-0.3, -0.25) is 47.9 Å². The molecule has 98 heavy (non-hydrogen) atoms. The summed E-state index contributed by atoms with van der Waals surface area (Å²) in [5.74, 6) is -4.12. The Labute approximate surface area is 584 Å². The van der Waals surface area contributed by atoms with Crippen molar-refractivity contribution >= 4 is 59.1 Å². The number of nitrogens with two attached hydrogens (primary N) is 5. The maximum Gasteiger partial charge on any atom is 0.225 e. The molecule has 0 saturated heterocycles. The Kier molecular flexibility index (Phi) is 39.5. The van der Waals surface area contributed by atoms with E-state index in [-0.39, 0.29) is 122 Å². The van der Waals surface area contributed by atoms with Gasteiger partial charge in [-0.05, 0) is 158 Å². The van der Waals surface area contributed by atoms with Crippen molar-refractivity contribution in [1.29, 1.82) is 0 Å². The van der Waals surface area contributed by atoms with Crippen LogP contribution >= 0.6 is 0 Å². The van der Waals surface area contributed by atoms with Crippen molar-refractivity contribution in [3.8, 4) is 5.75 Å². The molecule has 25 nitrogen and oxygen atoms in total. The molecule has 20 N–H and O–H groups in total. The smallest absolute Gasteiger partial charge is 0.225 e. The number of carbonyl (C=O) groups excluding carboxylic acids is 10. The van der Waals surface area contributed by atoms with E-state index in [1.807, 2.05) is 41.5 Å². The van der Waals surface area contributed by atoms with Gasteiger partial charge in [-0.25, -0.2) is 0 Å². The number of rotatable bonds is 46. The predicted octanol–water partition coefficient (Wildman–Crippen LogP) is 4.94. The summed E-state index contributed by atoms with van der Waals surface area (Å²) in [7, 11) is 0. The quantitative estimate of drug-likeness (QED) is 0.0385. The lowest BCUT2D eigenvalue weighted by Crippen LogP contribution is -2.52. The van der Waals surface area contributed by atoms with Gasteiger partial charge >= 0.3 is 0 Å². The van der Waals surface area contributed by atoms with Gasteiger partial charge in [0.15, 0.2) is 0 Å². The van der Waals surface area contributed by atoms with E-state index < -0.39 is 84.1 Å². The van der Waals surface area contributed by atoms with Crippen LogP contribution in [0.4, 0.5) is 0 Å². The van der Waals surface area contributed by atoms with Gasteiger partial charge < -0.3 is 81.6 Å². The molecule has 4 rings (SSSR count). The van der Waals surface area contributed by atoms with E-state index in [2.05, 4.69) is 47.9 Å². The first-order chi connectivity index (χ1) is 46.7. The molecular weight excluding hydrogens is 1250 g/mol. The molecule has 3 saturated carbocycles. The van der Waals surface area contributed by atoms with E-state index in [9.17, 15) is 53.1 Å². The first kappa shape index (κ1) is 84.0. The van der Waals surface area contributed by atoms with Gasteiger partial charge in [-0.2, -0.15) is 0 Å². The fourth-order valence-corrected chi connectivity index (χ4v) is 14.6. The summed E-state index contributed by atoms with van der Waals surface area (Å²) < 4.78 is 0. The van der Waals surface area contributed by atoms with E-state index in [4.69, 9.17) is 28.7 Å². The lowest BCUT2D eigenvalue weighted by Gasteiger charge is -2.33. The van der Waals surface area contributed by atoms with Gasteiger partial charge in [0.2, 0.25) is 59.1 Å². The molecule has 13 atom stereocenters. The van der Waals surface area contributed by atoms with Gasteiger partial charge in [0.1, 0.15) is 5.75 Å². The van der Waals surface area contributed by atoms with Crippen LogP contribution in [0.1, 0.15) is 246 Å². The minimum Gasteiger partial charge on any atom is -0.508 e. The second-order valence-electron chi connectivity index (χ2n) is 29.9. The second-order valence-corrected chi connectivity index (χ2v) is 29.9. The molecule has 1 aromatic carbocycles. The maximum atomic E-state index is 14.4. The van der Waals surface area contributed by atoms with Crippen LogP contribution in [-0.2, 0) is 54.4 Å². The number of aromatic hydroxyl groups is 1. The fourth-order valence-electron chi connectivity index (χ4n) is 14.6. The highest BCUT2D eigenvalue weighted by Gasteiger charge is 2.38. The van der Waals surface area contributed by atoms with E-state index >= 15 is 0 Å². The largest absolute Gasteiger partial charge is 0.508 e. The van der Waals surface area contributed by atoms with Crippen molar-refractivity contribution < 1.29 is 53.1 Å². The third kappa shape index (κ3) is 34.1. The highest BCUT2D eigenvalue weighted by atomic mass is 16.3. The number of carbonyl (C=O) groups is 10. The number of nitrogens with one attached hydrogen (secondary N) is 9. The lowest BCUT2D eigenvalue weighted by molar-refractivity contribution is -0.131. The van der Waals surface area contributed by atoms with E-state index in [1.54, 1.807) is 24.3 Å². The summed E-state index contributed by atoms with van der Waals surface area (Å²) in [5, 5.41) is 37.7. The Morgan fingerprint density at radius 1 is 0.398 bits per heavy atom. The molecule has 3 aliphatic rings. The normalized spacial score (nSPS) is 20.9. The monoisotopic (exact) mass is 1380 g/mol. The SMILES string of the molecule is CC(C)C[C@H](CC(=O)N[C@@H]1CCCC[C@H]1C(=O)N[C@H](CCCCN)CC(N)=O)NC(=O)C[C@@H](CCCCN)NC(=O)[C@@H]1CCCC[C@H]1NC(=O)C[C@@H](CC(C)C)NC(=O)C[C@@H](CCCCN)NC(=O)[C@@H]1CCCC[C@H]1NC(=O)C[C@@H](CC(C)C)NC(=O)C[C@H](N)Cc1ccc(O)cc1. The molecule has 0 radical (unpaired) electrons. The van der Waals surface area contributed by atoms with E-state index in [0.29, 0.717) is 129 Å². The molecule has 0 aromatic heterocycles. The first-order valence-electron chi connectivity index (χ1n) is 37.3. The number of hydrogen-bond acceptors (Lipinski definition) is 15. The van der Waals surface area contributed by atoms with Crippen LogP contribution in [0.3, 0.4) is 0 Å². The Morgan fingerprint density at radius 2 is 0.694 bits per heavy atom. The summed E-state index contributed by atoms with van der Waals surface area (Å²) in [6, 6.07) is 1.76. The summed E-state index contributed by atoms with van der Waals surface area (Å²) in [5.41, 5.74) is 30.2. The van der Waals surface area contributed by atoms with Gasteiger partial charge in [-0.1, -0.05) is 111 Å². The van der Waals surface area contributed by atoms with Crippen LogP contribution in [0.25, 0.3) is 0 Å². The number of amides is 10. The molecular formula is C73H128N14O11. The van der Waals surface area contributed by atoms with Gasteiger partial charge in [0.05, 0.1) is 17.8 Å². The van der Waals surface area contributed by atoms with Crippen molar-refractivity contribution in [3.05, 3.63) is 29.8 Å². The maximum absolute atomic E-state index is 14.4. The van der Waals surface area contributed by atoms with E-state index in [0.717, 1.165) is 56.9 Å². The molecule has 1 aromatic rings. The third-order valence-corrected chi connectivity index (χ3v) is 19.3. The number of unbranched alkanes of at least 4 members (excludes halogenated alkanes) is 3. The predicted molar refractivity (Wildman–Crippen MR) is 382 cm³/mol. The summed E-state index contributed by atoms with van der Waals surface area (Å²) in [6.45, 7) is 13.4. The van der Waals surface area contributed by atoms with E-state index in [1.165, 1.54) is 0 Å². The third-order valence-electron chi connectivity index (χ3n) is 19.3. The van der Waals surface area contributed by atoms with Crippen LogP contribution in [-0.4, -0.2) is 144 Å².